The molecule has 0 nitrogen and oxygen atoms in total. The minimum atomic E-state index is 0.272. The summed E-state index contributed by atoms with van der Waals surface area (Å²) in [6, 6.07) is 0. The van der Waals surface area contributed by atoms with Gasteiger partial charge in [-0.2, -0.15) is 0 Å². The molecule has 0 heterocycles. The quantitative estimate of drug-likeness (QED) is 0.525. The van der Waals surface area contributed by atoms with Gasteiger partial charge in [0.2, 0.25) is 0 Å². The minimum absolute atomic E-state index is 0.272. The lowest BCUT2D eigenvalue weighted by molar-refractivity contribution is 0.507. The smallest absolute Gasteiger partial charge is 0.0849 e. The minimum Gasteiger partial charge on any atom is -0.0849 e. The fourth-order valence-corrected chi connectivity index (χ4v) is 2.28. The van der Waals surface area contributed by atoms with Gasteiger partial charge in [-0.3, -0.25) is 0 Å². The molecule has 1 atom stereocenters. The molecule has 0 aromatic rings. The summed E-state index contributed by atoms with van der Waals surface area (Å²) in [6.45, 7) is 6.86. The number of rotatable bonds is 0. The molecule has 2 rings (SSSR count). The highest BCUT2D eigenvalue weighted by molar-refractivity contribution is 6.25. The highest BCUT2D eigenvalue weighted by Crippen LogP contribution is 2.38. The van der Waals surface area contributed by atoms with E-state index in [1.165, 1.54) is 16.6 Å². The van der Waals surface area contributed by atoms with E-state index >= 15 is 0 Å². The molecule has 15 heavy (non-hydrogen) atoms. The summed E-state index contributed by atoms with van der Waals surface area (Å²) in [6.07, 6.45) is 12.7. The van der Waals surface area contributed by atoms with Gasteiger partial charge in [0, 0.05) is 5.92 Å². The van der Waals surface area contributed by atoms with Gasteiger partial charge in [-0.15, -0.1) is 0 Å². The third-order valence-electron chi connectivity index (χ3n) is 3.28. The first-order valence-corrected chi connectivity index (χ1v) is 5.76. The van der Waals surface area contributed by atoms with Gasteiger partial charge in [-0.25, -0.2) is 0 Å². The summed E-state index contributed by atoms with van der Waals surface area (Å²) in [5.41, 5.74) is 4.70. The van der Waals surface area contributed by atoms with Crippen LogP contribution in [-0.4, -0.2) is 7.85 Å². The summed E-state index contributed by atoms with van der Waals surface area (Å²) in [4.78, 5) is 0. The molecule has 0 N–H and O–H groups in total. The molecule has 0 radical (unpaired) electrons. The van der Waals surface area contributed by atoms with Crippen molar-refractivity contribution in [3.05, 3.63) is 47.0 Å². The van der Waals surface area contributed by atoms with Crippen molar-refractivity contribution in [2.24, 2.45) is 11.3 Å². The van der Waals surface area contributed by atoms with Crippen LogP contribution in [0.25, 0.3) is 0 Å². The topological polar surface area (TPSA) is 0 Å². The van der Waals surface area contributed by atoms with E-state index in [1.807, 2.05) is 0 Å². The lowest BCUT2D eigenvalue weighted by Gasteiger charge is -2.30. The zero-order valence-corrected chi connectivity index (χ0v) is 10.2. The standard InChI is InChI=1S/C14H19B/c1-14(2,3)11-8-10-6-4-5-7-12(10)13(15)9-11/h4-5,7-10H,6,15H2,1-3H3. The maximum atomic E-state index is 2.45. The van der Waals surface area contributed by atoms with Crippen molar-refractivity contribution < 1.29 is 0 Å². The van der Waals surface area contributed by atoms with E-state index in [2.05, 4.69) is 59.0 Å². The normalized spacial score (nSPS) is 25.3. The summed E-state index contributed by atoms with van der Waals surface area (Å²) in [5, 5.41) is 0. The first kappa shape index (κ1) is 10.5. The molecule has 1 unspecified atom stereocenters. The zero-order chi connectivity index (χ0) is 11.1. The van der Waals surface area contributed by atoms with Gasteiger partial charge in [-0.05, 0) is 23.0 Å². The van der Waals surface area contributed by atoms with E-state index in [0.29, 0.717) is 5.92 Å². The van der Waals surface area contributed by atoms with E-state index in [-0.39, 0.29) is 5.41 Å². The second kappa shape index (κ2) is 3.55. The summed E-state index contributed by atoms with van der Waals surface area (Å²) in [7, 11) is 2.23. The summed E-state index contributed by atoms with van der Waals surface area (Å²) >= 11 is 0. The van der Waals surface area contributed by atoms with Gasteiger partial charge in [0.05, 0.1) is 0 Å². The van der Waals surface area contributed by atoms with Crippen LogP contribution in [0.15, 0.2) is 47.0 Å². The van der Waals surface area contributed by atoms with Crippen LogP contribution in [0.3, 0.4) is 0 Å². The molecule has 78 valence electrons. The van der Waals surface area contributed by atoms with Crippen LogP contribution in [0, 0.1) is 11.3 Å². The van der Waals surface area contributed by atoms with E-state index in [0.717, 1.165) is 6.42 Å². The second-order valence-corrected chi connectivity index (χ2v) is 5.59. The van der Waals surface area contributed by atoms with Crippen LogP contribution in [0.4, 0.5) is 0 Å². The van der Waals surface area contributed by atoms with Gasteiger partial charge in [0.15, 0.2) is 0 Å². The molecule has 0 aromatic heterocycles. The number of fused-ring (bicyclic) bond motifs is 1. The van der Waals surface area contributed by atoms with E-state index in [9.17, 15) is 0 Å². The molecule has 1 heteroatoms. The van der Waals surface area contributed by atoms with E-state index in [1.54, 1.807) is 0 Å². The third kappa shape index (κ3) is 2.02. The average molecular weight is 198 g/mol. The molecule has 0 bridgehead atoms. The van der Waals surface area contributed by atoms with Crippen LogP contribution in [0.5, 0.6) is 0 Å². The van der Waals surface area contributed by atoms with Gasteiger partial charge in [0.1, 0.15) is 7.85 Å². The Hall–Kier alpha value is -0.975. The van der Waals surface area contributed by atoms with Crippen LogP contribution in [0.2, 0.25) is 0 Å². The van der Waals surface area contributed by atoms with Gasteiger partial charge in [0.25, 0.3) is 0 Å². The molecule has 0 fully saturated rings. The Labute approximate surface area is 93.9 Å². The Bertz CT molecular complexity index is 386. The maximum absolute atomic E-state index is 2.45. The van der Waals surface area contributed by atoms with Crippen LogP contribution in [-0.2, 0) is 0 Å². The predicted octanol–water partition coefficient (Wildman–Crippen LogP) is 2.99. The Balaban J connectivity index is 2.39. The number of hydrogen-bond acceptors (Lipinski definition) is 0. The van der Waals surface area contributed by atoms with Crippen LogP contribution in [0.1, 0.15) is 27.2 Å². The monoisotopic (exact) mass is 198 g/mol. The number of allylic oxidation sites excluding steroid dienone is 8. The largest absolute Gasteiger partial charge is 0.139 e. The third-order valence-corrected chi connectivity index (χ3v) is 3.28. The SMILES string of the molecule is BC1=CC(C(C)(C)C)=CC2CC=CC=C12. The van der Waals surface area contributed by atoms with Crippen molar-refractivity contribution in [1.82, 2.24) is 0 Å². The van der Waals surface area contributed by atoms with Gasteiger partial charge < -0.3 is 0 Å². The van der Waals surface area contributed by atoms with Gasteiger partial charge >= 0.3 is 0 Å². The molecule has 0 saturated heterocycles. The molecule has 2 aliphatic carbocycles. The van der Waals surface area contributed by atoms with Crippen molar-refractivity contribution >= 4 is 7.85 Å². The van der Waals surface area contributed by atoms with Crippen molar-refractivity contribution in [2.45, 2.75) is 27.2 Å². The highest BCUT2D eigenvalue weighted by Gasteiger charge is 2.24. The van der Waals surface area contributed by atoms with E-state index < -0.39 is 0 Å². The fourth-order valence-electron chi connectivity index (χ4n) is 2.28. The Morgan fingerprint density at radius 1 is 1.33 bits per heavy atom. The predicted molar refractivity (Wildman–Crippen MR) is 69.5 cm³/mol. The summed E-state index contributed by atoms with van der Waals surface area (Å²) in [5.74, 6) is 0.620. The van der Waals surface area contributed by atoms with Crippen LogP contribution >= 0.6 is 0 Å². The Kier molecular flexibility index (Phi) is 2.50. The number of hydrogen-bond donors (Lipinski definition) is 0. The molecule has 0 aromatic carbocycles. The summed E-state index contributed by atoms with van der Waals surface area (Å²) < 4.78 is 0. The average Bonchev–Trinajstić information content (AvgIpc) is 2.16. The van der Waals surface area contributed by atoms with Crippen molar-refractivity contribution in [3.63, 3.8) is 0 Å². The molecule has 2 aliphatic rings. The van der Waals surface area contributed by atoms with E-state index in [4.69, 9.17) is 0 Å². The first-order chi connectivity index (χ1) is 6.98. The van der Waals surface area contributed by atoms with Crippen molar-refractivity contribution in [1.29, 1.82) is 0 Å². The highest BCUT2D eigenvalue weighted by atomic mass is 14.3. The lowest BCUT2D eigenvalue weighted by atomic mass is 9.69. The lowest BCUT2D eigenvalue weighted by Crippen LogP contribution is -2.17. The fraction of sp³-hybridized carbons (Fsp3) is 0.429. The molecular weight excluding hydrogens is 179 g/mol. The molecule has 0 amide bonds. The first-order valence-electron chi connectivity index (χ1n) is 5.76. The molecule has 0 saturated carbocycles. The Morgan fingerprint density at radius 2 is 2.07 bits per heavy atom. The molecule has 0 spiro atoms. The van der Waals surface area contributed by atoms with Gasteiger partial charge in [-0.1, -0.05) is 56.6 Å². The van der Waals surface area contributed by atoms with Crippen molar-refractivity contribution in [2.75, 3.05) is 0 Å². The van der Waals surface area contributed by atoms with Crippen molar-refractivity contribution in [3.8, 4) is 0 Å². The molecular formula is C14H19B. The second-order valence-electron chi connectivity index (χ2n) is 5.59. The molecule has 0 aliphatic heterocycles. The maximum Gasteiger partial charge on any atom is 0.139 e. The van der Waals surface area contributed by atoms with Crippen LogP contribution < -0.4 is 0 Å². The zero-order valence-electron chi connectivity index (χ0n) is 10.2. The Morgan fingerprint density at radius 3 is 2.73 bits per heavy atom.